The number of nitrogens with zero attached hydrogens (tertiary/aromatic N) is 3. The lowest BCUT2D eigenvalue weighted by Gasteiger charge is -2.20. The molecule has 0 fully saturated rings. The van der Waals surface area contributed by atoms with Gasteiger partial charge in [0.15, 0.2) is 0 Å². The zero-order valence-electron chi connectivity index (χ0n) is 13.5. The fourth-order valence-corrected chi connectivity index (χ4v) is 1.80. The van der Waals surface area contributed by atoms with Crippen molar-refractivity contribution in [3.8, 4) is 0 Å². The van der Waals surface area contributed by atoms with Crippen molar-refractivity contribution in [1.82, 2.24) is 14.9 Å². The van der Waals surface area contributed by atoms with Crippen LogP contribution in [-0.4, -0.2) is 47.6 Å². The number of nitrogens with one attached hydrogen (secondary N) is 2. The fourth-order valence-electron chi connectivity index (χ4n) is 1.80. The fraction of sp³-hybridized carbons (Fsp3) is 0.733. The van der Waals surface area contributed by atoms with Crippen molar-refractivity contribution in [3.63, 3.8) is 0 Å². The minimum absolute atomic E-state index is 0.598. The normalized spacial score (nSPS) is 11.2. The van der Waals surface area contributed by atoms with Crippen molar-refractivity contribution >= 4 is 11.6 Å². The molecule has 0 aliphatic carbocycles. The molecule has 1 aromatic rings. The van der Waals surface area contributed by atoms with E-state index < -0.39 is 0 Å². The predicted molar refractivity (Wildman–Crippen MR) is 86.4 cm³/mol. The van der Waals surface area contributed by atoms with E-state index in [-0.39, 0.29) is 0 Å². The molecule has 2 N–H and O–H groups in total. The molecule has 0 aliphatic heterocycles. The maximum Gasteiger partial charge on any atom is 0.131 e. The summed E-state index contributed by atoms with van der Waals surface area (Å²) in [6.45, 7) is 11.5. The lowest BCUT2D eigenvalue weighted by Crippen LogP contribution is -2.28. The first-order valence-corrected chi connectivity index (χ1v) is 7.56. The lowest BCUT2D eigenvalue weighted by molar-refractivity contribution is 0.273. The summed E-state index contributed by atoms with van der Waals surface area (Å²) < 4.78 is 0. The van der Waals surface area contributed by atoms with Gasteiger partial charge >= 0.3 is 0 Å². The Labute approximate surface area is 123 Å². The average molecular weight is 279 g/mol. The van der Waals surface area contributed by atoms with Crippen LogP contribution in [0.5, 0.6) is 0 Å². The van der Waals surface area contributed by atoms with E-state index in [4.69, 9.17) is 0 Å². The number of hydrogen-bond acceptors (Lipinski definition) is 5. The van der Waals surface area contributed by atoms with Gasteiger partial charge in [-0.1, -0.05) is 6.92 Å². The van der Waals surface area contributed by atoms with Gasteiger partial charge in [-0.25, -0.2) is 9.97 Å². The summed E-state index contributed by atoms with van der Waals surface area (Å²) in [6, 6.07) is 2.58. The van der Waals surface area contributed by atoms with Gasteiger partial charge in [-0.2, -0.15) is 0 Å². The second-order valence-corrected chi connectivity index (χ2v) is 5.47. The Morgan fingerprint density at radius 1 is 1.15 bits per heavy atom. The van der Waals surface area contributed by atoms with Gasteiger partial charge in [0.25, 0.3) is 0 Å². The molecule has 5 heteroatoms. The van der Waals surface area contributed by atoms with Crippen molar-refractivity contribution in [1.29, 1.82) is 0 Å². The van der Waals surface area contributed by atoms with E-state index in [1.165, 1.54) is 0 Å². The molecule has 0 saturated heterocycles. The van der Waals surface area contributed by atoms with Crippen molar-refractivity contribution in [3.05, 3.63) is 11.9 Å². The molecule has 0 amide bonds. The second kappa shape index (κ2) is 8.74. The SMILES string of the molecule is CCCNc1cc(NCCCN(C)C(C)C)nc(C)n1. The van der Waals surface area contributed by atoms with E-state index >= 15 is 0 Å². The number of anilines is 2. The molecule has 5 nitrogen and oxygen atoms in total. The highest BCUT2D eigenvalue weighted by Gasteiger charge is 2.03. The smallest absolute Gasteiger partial charge is 0.131 e. The molecule has 0 atom stereocenters. The number of rotatable bonds is 9. The van der Waals surface area contributed by atoms with Crippen LogP contribution < -0.4 is 10.6 Å². The Bertz CT molecular complexity index is 392. The van der Waals surface area contributed by atoms with E-state index in [1.54, 1.807) is 0 Å². The van der Waals surface area contributed by atoms with Crippen LogP contribution >= 0.6 is 0 Å². The van der Waals surface area contributed by atoms with Gasteiger partial charge in [0, 0.05) is 25.2 Å². The van der Waals surface area contributed by atoms with Crippen LogP contribution in [0.4, 0.5) is 11.6 Å². The Morgan fingerprint density at radius 3 is 2.30 bits per heavy atom. The monoisotopic (exact) mass is 279 g/mol. The van der Waals surface area contributed by atoms with Crippen molar-refractivity contribution in [2.45, 2.75) is 46.6 Å². The topological polar surface area (TPSA) is 53.1 Å². The van der Waals surface area contributed by atoms with Crippen molar-refractivity contribution < 1.29 is 0 Å². The van der Waals surface area contributed by atoms with E-state index in [9.17, 15) is 0 Å². The molecule has 0 aliphatic rings. The predicted octanol–water partition coefficient (Wildman–Crippen LogP) is 2.75. The van der Waals surface area contributed by atoms with Gasteiger partial charge in [-0.15, -0.1) is 0 Å². The highest BCUT2D eigenvalue weighted by molar-refractivity contribution is 5.47. The maximum atomic E-state index is 4.42. The van der Waals surface area contributed by atoms with E-state index in [0.717, 1.165) is 49.9 Å². The summed E-state index contributed by atoms with van der Waals surface area (Å²) in [5.41, 5.74) is 0. The number of hydrogen-bond donors (Lipinski definition) is 2. The number of aromatic nitrogens is 2. The Morgan fingerprint density at radius 2 is 1.75 bits per heavy atom. The lowest BCUT2D eigenvalue weighted by atomic mass is 10.3. The zero-order chi connectivity index (χ0) is 15.0. The molecule has 0 spiro atoms. The summed E-state index contributed by atoms with van der Waals surface area (Å²) in [7, 11) is 2.16. The molecule has 0 bridgehead atoms. The van der Waals surface area contributed by atoms with Gasteiger partial charge < -0.3 is 15.5 Å². The van der Waals surface area contributed by atoms with Gasteiger partial charge in [0.1, 0.15) is 17.5 Å². The Kier molecular flexibility index (Phi) is 7.30. The Hall–Kier alpha value is -1.36. The third-order valence-electron chi connectivity index (χ3n) is 3.27. The first-order chi connectivity index (χ1) is 9.52. The highest BCUT2D eigenvalue weighted by Crippen LogP contribution is 2.11. The largest absolute Gasteiger partial charge is 0.370 e. The summed E-state index contributed by atoms with van der Waals surface area (Å²) in [5.74, 6) is 2.61. The van der Waals surface area contributed by atoms with Crippen LogP contribution in [0.3, 0.4) is 0 Å². The molecule has 1 heterocycles. The van der Waals surface area contributed by atoms with Crippen LogP contribution in [0, 0.1) is 6.92 Å². The molecule has 0 aromatic carbocycles. The Balaban J connectivity index is 2.41. The molecular weight excluding hydrogens is 250 g/mol. The molecule has 20 heavy (non-hydrogen) atoms. The van der Waals surface area contributed by atoms with Gasteiger partial charge in [0.2, 0.25) is 0 Å². The van der Waals surface area contributed by atoms with Crippen LogP contribution in [0.15, 0.2) is 6.07 Å². The first-order valence-electron chi connectivity index (χ1n) is 7.56. The zero-order valence-corrected chi connectivity index (χ0v) is 13.5. The van der Waals surface area contributed by atoms with E-state index in [1.807, 2.05) is 13.0 Å². The standard InChI is InChI=1S/C15H29N5/c1-6-8-16-14-11-15(19-13(4)18-14)17-9-7-10-20(5)12(2)3/h11-12H,6-10H2,1-5H3,(H2,16,17,18,19). The van der Waals surface area contributed by atoms with Gasteiger partial charge in [-0.05, 0) is 47.2 Å². The van der Waals surface area contributed by atoms with Crippen LogP contribution in [0.2, 0.25) is 0 Å². The van der Waals surface area contributed by atoms with E-state index in [2.05, 4.69) is 53.3 Å². The molecule has 0 unspecified atom stereocenters. The van der Waals surface area contributed by atoms with E-state index in [0.29, 0.717) is 6.04 Å². The van der Waals surface area contributed by atoms with Gasteiger partial charge in [-0.3, -0.25) is 0 Å². The molecule has 0 saturated carbocycles. The number of aryl methyl sites for hydroxylation is 1. The summed E-state index contributed by atoms with van der Waals surface area (Å²) in [6.07, 6.45) is 2.20. The molecular formula is C15H29N5. The van der Waals surface area contributed by atoms with Crippen molar-refractivity contribution in [2.24, 2.45) is 0 Å². The third-order valence-corrected chi connectivity index (χ3v) is 3.27. The highest BCUT2D eigenvalue weighted by atomic mass is 15.1. The van der Waals surface area contributed by atoms with Crippen molar-refractivity contribution in [2.75, 3.05) is 37.3 Å². The van der Waals surface area contributed by atoms with Crippen LogP contribution in [0.1, 0.15) is 39.4 Å². The second-order valence-electron chi connectivity index (χ2n) is 5.47. The van der Waals surface area contributed by atoms with Crippen LogP contribution in [-0.2, 0) is 0 Å². The van der Waals surface area contributed by atoms with Gasteiger partial charge in [0.05, 0.1) is 0 Å². The minimum Gasteiger partial charge on any atom is -0.370 e. The molecule has 1 aromatic heterocycles. The summed E-state index contributed by atoms with van der Waals surface area (Å²) in [5, 5.41) is 6.68. The summed E-state index contributed by atoms with van der Waals surface area (Å²) >= 11 is 0. The quantitative estimate of drug-likeness (QED) is 0.681. The minimum atomic E-state index is 0.598. The van der Waals surface area contributed by atoms with Crippen LogP contribution in [0.25, 0.3) is 0 Å². The maximum absolute atomic E-state index is 4.42. The summed E-state index contributed by atoms with van der Waals surface area (Å²) in [4.78, 5) is 11.1. The third kappa shape index (κ3) is 6.19. The molecule has 0 radical (unpaired) electrons. The molecule has 1 rings (SSSR count). The molecule has 114 valence electrons. The average Bonchev–Trinajstić information content (AvgIpc) is 2.40. The first kappa shape index (κ1) is 16.7.